The zero-order valence-electron chi connectivity index (χ0n) is 14.6. The van der Waals surface area contributed by atoms with Crippen LogP contribution in [-0.2, 0) is 19.4 Å². The molecule has 0 heterocycles. The molecule has 0 bridgehead atoms. The van der Waals surface area contributed by atoms with Crippen molar-refractivity contribution in [2.75, 3.05) is 6.54 Å². The highest BCUT2D eigenvalue weighted by molar-refractivity contribution is 7.80. The lowest BCUT2D eigenvalue weighted by Gasteiger charge is -2.09. The van der Waals surface area contributed by atoms with E-state index >= 15 is 0 Å². The molecule has 0 aromatic rings. The molecule has 0 aliphatic rings. The Morgan fingerprint density at radius 2 is 1.61 bits per heavy atom. The molecule has 1 atom stereocenters. The van der Waals surface area contributed by atoms with Crippen molar-refractivity contribution < 1.29 is 21.9 Å². The lowest BCUT2D eigenvalue weighted by molar-refractivity contribution is -0.121. The van der Waals surface area contributed by atoms with Gasteiger partial charge in [0.1, 0.15) is 0 Å². The maximum atomic E-state index is 11.6. The fraction of sp³-hybridized carbons (Fsp3) is 0.938. The van der Waals surface area contributed by atoms with Crippen molar-refractivity contribution in [3.63, 3.8) is 0 Å². The van der Waals surface area contributed by atoms with Crippen LogP contribution < -0.4 is 5.32 Å². The molecule has 7 heteroatoms. The van der Waals surface area contributed by atoms with Gasteiger partial charge in [-0.3, -0.25) is 9.35 Å². The van der Waals surface area contributed by atoms with Gasteiger partial charge in [0.15, 0.2) is 0 Å². The third kappa shape index (κ3) is 17.5. The molecule has 0 fully saturated rings. The summed E-state index contributed by atoms with van der Waals surface area (Å²) in [7, 11) is -4.41. The van der Waals surface area contributed by atoms with Gasteiger partial charge in [-0.2, -0.15) is 8.42 Å². The van der Waals surface area contributed by atoms with E-state index in [9.17, 15) is 13.2 Å². The number of hydrogen-bond donors (Lipinski definition) is 2. The van der Waals surface area contributed by atoms with Crippen LogP contribution in [-0.4, -0.2) is 31.5 Å². The number of carbonyl (C=O) groups is 1. The minimum atomic E-state index is -4.41. The van der Waals surface area contributed by atoms with Gasteiger partial charge in [-0.25, -0.2) is 4.18 Å². The Morgan fingerprint density at radius 3 is 2.17 bits per heavy atom. The Balaban J connectivity index is 3.41. The van der Waals surface area contributed by atoms with Crippen LogP contribution in [0.5, 0.6) is 0 Å². The third-order valence-electron chi connectivity index (χ3n) is 3.65. The monoisotopic (exact) mass is 351 g/mol. The number of unbranched alkanes of at least 4 members (excludes halogenated alkanes) is 7. The zero-order chi connectivity index (χ0) is 17.6. The minimum absolute atomic E-state index is 0.0213. The smallest absolute Gasteiger partial charge is 0.356 e. The molecule has 23 heavy (non-hydrogen) atoms. The van der Waals surface area contributed by atoms with E-state index in [1.165, 1.54) is 38.5 Å². The van der Waals surface area contributed by atoms with Crippen molar-refractivity contribution in [1.29, 1.82) is 0 Å². The quantitative estimate of drug-likeness (QED) is 0.347. The Kier molecular flexibility index (Phi) is 13.4. The number of carbonyl (C=O) groups excluding carboxylic acids is 1. The van der Waals surface area contributed by atoms with Crippen LogP contribution in [0.1, 0.15) is 84.5 Å². The zero-order valence-corrected chi connectivity index (χ0v) is 15.4. The first-order valence-electron chi connectivity index (χ1n) is 8.77. The van der Waals surface area contributed by atoms with Crippen molar-refractivity contribution >= 4 is 16.3 Å². The second kappa shape index (κ2) is 13.7. The average molecular weight is 352 g/mol. The SMILES string of the molecule is CCCCCCCCCCNC(=O)CCCC(C)OS(=O)(=O)O. The third-order valence-corrected chi connectivity index (χ3v) is 4.22. The van der Waals surface area contributed by atoms with Gasteiger partial charge in [0, 0.05) is 13.0 Å². The topological polar surface area (TPSA) is 92.7 Å². The van der Waals surface area contributed by atoms with E-state index in [1.54, 1.807) is 6.92 Å². The summed E-state index contributed by atoms with van der Waals surface area (Å²) in [6.07, 6.45) is 10.5. The maximum absolute atomic E-state index is 11.6. The molecule has 1 amide bonds. The molecule has 0 aliphatic carbocycles. The average Bonchev–Trinajstić information content (AvgIpc) is 2.43. The number of rotatable bonds is 15. The maximum Gasteiger partial charge on any atom is 0.397 e. The van der Waals surface area contributed by atoms with E-state index < -0.39 is 16.5 Å². The van der Waals surface area contributed by atoms with Crippen LogP contribution in [0.15, 0.2) is 0 Å². The van der Waals surface area contributed by atoms with Gasteiger partial charge >= 0.3 is 10.4 Å². The lowest BCUT2D eigenvalue weighted by atomic mass is 10.1. The highest BCUT2D eigenvalue weighted by Crippen LogP contribution is 2.08. The first-order chi connectivity index (χ1) is 10.8. The Morgan fingerprint density at radius 1 is 1.04 bits per heavy atom. The summed E-state index contributed by atoms with van der Waals surface area (Å²) in [5.41, 5.74) is 0. The van der Waals surface area contributed by atoms with Gasteiger partial charge in [0.2, 0.25) is 5.91 Å². The van der Waals surface area contributed by atoms with Gasteiger partial charge in [-0.1, -0.05) is 51.9 Å². The summed E-state index contributed by atoms with van der Waals surface area (Å²) < 4.78 is 33.9. The molecule has 0 aromatic heterocycles. The summed E-state index contributed by atoms with van der Waals surface area (Å²) in [5, 5.41) is 2.87. The number of amides is 1. The molecule has 0 rings (SSSR count). The second-order valence-electron chi connectivity index (χ2n) is 6.05. The second-order valence-corrected chi connectivity index (χ2v) is 7.10. The molecule has 0 spiro atoms. The molecule has 2 N–H and O–H groups in total. The van der Waals surface area contributed by atoms with E-state index in [1.807, 2.05) is 0 Å². The fourth-order valence-electron chi connectivity index (χ4n) is 2.38. The molecule has 6 nitrogen and oxygen atoms in total. The summed E-state index contributed by atoms with van der Waals surface area (Å²) >= 11 is 0. The molecule has 0 radical (unpaired) electrons. The van der Waals surface area contributed by atoms with Crippen molar-refractivity contribution in [3.05, 3.63) is 0 Å². The van der Waals surface area contributed by atoms with Crippen molar-refractivity contribution in [2.45, 2.75) is 90.6 Å². The van der Waals surface area contributed by atoms with Gasteiger partial charge in [-0.05, 0) is 26.2 Å². The molecule has 0 aromatic carbocycles. The minimum Gasteiger partial charge on any atom is -0.356 e. The fourth-order valence-corrected chi connectivity index (χ4v) is 2.89. The lowest BCUT2D eigenvalue weighted by Crippen LogP contribution is -2.24. The predicted octanol–water partition coefficient (Wildman–Crippen LogP) is 3.62. The normalized spacial score (nSPS) is 13.0. The number of hydrogen-bond acceptors (Lipinski definition) is 4. The van der Waals surface area contributed by atoms with Crippen LogP contribution >= 0.6 is 0 Å². The van der Waals surface area contributed by atoms with Gasteiger partial charge in [0.05, 0.1) is 6.10 Å². The molecule has 0 aliphatic heterocycles. The van der Waals surface area contributed by atoms with Gasteiger partial charge < -0.3 is 5.32 Å². The summed E-state index contributed by atoms with van der Waals surface area (Å²) in [5.74, 6) is -0.0213. The van der Waals surface area contributed by atoms with E-state index in [4.69, 9.17) is 4.55 Å². The molecule has 0 saturated carbocycles. The molecule has 138 valence electrons. The Hall–Kier alpha value is -0.660. The van der Waals surface area contributed by atoms with Crippen LogP contribution in [0.4, 0.5) is 0 Å². The largest absolute Gasteiger partial charge is 0.397 e. The van der Waals surface area contributed by atoms with E-state index in [2.05, 4.69) is 16.4 Å². The van der Waals surface area contributed by atoms with Crippen molar-refractivity contribution in [2.24, 2.45) is 0 Å². The highest BCUT2D eigenvalue weighted by Gasteiger charge is 2.12. The molecule has 0 saturated heterocycles. The molecular formula is C16H33NO5S. The van der Waals surface area contributed by atoms with Crippen molar-refractivity contribution in [1.82, 2.24) is 5.32 Å². The predicted molar refractivity (Wildman–Crippen MR) is 91.6 cm³/mol. The van der Waals surface area contributed by atoms with Gasteiger partial charge in [0.25, 0.3) is 0 Å². The van der Waals surface area contributed by atoms with Crippen molar-refractivity contribution in [3.8, 4) is 0 Å². The first-order valence-corrected chi connectivity index (χ1v) is 10.1. The van der Waals surface area contributed by atoms with Crippen LogP contribution in [0.25, 0.3) is 0 Å². The molecular weight excluding hydrogens is 318 g/mol. The Labute approximate surface area is 141 Å². The van der Waals surface area contributed by atoms with Crippen LogP contribution in [0.2, 0.25) is 0 Å². The standard InChI is InChI=1S/C16H33NO5S/c1-3-4-5-6-7-8-9-10-14-17-16(18)13-11-12-15(2)22-23(19,20)21/h15H,3-14H2,1-2H3,(H,17,18)(H,19,20,21). The first kappa shape index (κ1) is 22.3. The van der Waals surface area contributed by atoms with E-state index in [0.717, 1.165) is 12.8 Å². The summed E-state index contributed by atoms with van der Waals surface area (Å²) in [6, 6.07) is 0. The van der Waals surface area contributed by atoms with Crippen LogP contribution in [0, 0.1) is 0 Å². The molecule has 1 unspecified atom stereocenters. The van der Waals surface area contributed by atoms with Crippen LogP contribution in [0.3, 0.4) is 0 Å². The van der Waals surface area contributed by atoms with E-state index in [0.29, 0.717) is 25.8 Å². The summed E-state index contributed by atoms with van der Waals surface area (Å²) in [4.78, 5) is 11.6. The highest BCUT2D eigenvalue weighted by atomic mass is 32.3. The summed E-state index contributed by atoms with van der Waals surface area (Å²) in [6.45, 7) is 4.46. The van der Waals surface area contributed by atoms with E-state index in [-0.39, 0.29) is 5.91 Å². The Bertz CT molecular complexity index is 397. The van der Waals surface area contributed by atoms with Gasteiger partial charge in [-0.15, -0.1) is 0 Å². The number of nitrogens with one attached hydrogen (secondary N) is 1.